The van der Waals surface area contributed by atoms with Crippen molar-refractivity contribution in [3.8, 4) is 0 Å². The van der Waals surface area contributed by atoms with E-state index in [0.29, 0.717) is 5.65 Å². The Balaban J connectivity index is 2.86. The summed E-state index contributed by atoms with van der Waals surface area (Å²) in [5, 5.41) is 8.68. The molecule has 0 N–H and O–H groups in total. The lowest BCUT2D eigenvalue weighted by Gasteiger charge is -1.97. The fourth-order valence-corrected chi connectivity index (χ4v) is 1.05. The maximum absolute atomic E-state index is 4.15. The highest BCUT2D eigenvalue weighted by atomic mass is 15.1. The molecule has 0 bridgehead atoms. The summed E-state index contributed by atoms with van der Waals surface area (Å²) in [5.41, 5.74) is 1.72. The summed E-state index contributed by atoms with van der Waals surface area (Å²) in [6, 6.07) is 0. The molecule has 4 nitrogen and oxygen atoms in total. The monoisotopic (exact) mass is 160 g/mol. The molecule has 0 aliphatic rings. The van der Waals surface area contributed by atoms with Gasteiger partial charge in [-0.05, 0) is 19.4 Å². The van der Waals surface area contributed by atoms with Crippen molar-refractivity contribution in [2.24, 2.45) is 0 Å². The quantitative estimate of drug-likeness (QED) is 0.577. The number of rotatable bonds is 0. The van der Waals surface area contributed by atoms with E-state index in [1.54, 1.807) is 12.4 Å². The van der Waals surface area contributed by atoms with Crippen molar-refractivity contribution in [3.63, 3.8) is 0 Å². The number of hydrogen-bond acceptors (Lipinski definition) is 4. The van der Waals surface area contributed by atoms with Gasteiger partial charge in [0.15, 0.2) is 5.65 Å². The van der Waals surface area contributed by atoms with Crippen LogP contribution in [0.3, 0.4) is 0 Å². The zero-order chi connectivity index (χ0) is 8.55. The van der Waals surface area contributed by atoms with E-state index < -0.39 is 0 Å². The van der Waals surface area contributed by atoms with Gasteiger partial charge in [-0.15, -0.1) is 5.10 Å². The van der Waals surface area contributed by atoms with Crippen molar-refractivity contribution >= 4 is 11.0 Å². The SMILES string of the molecule is Cc1ncc2c(C)cnnc2n1. The summed E-state index contributed by atoms with van der Waals surface area (Å²) in [6.07, 6.45) is 3.49. The smallest absolute Gasteiger partial charge is 0.185 e. The summed E-state index contributed by atoms with van der Waals surface area (Å²) >= 11 is 0. The van der Waals surface area contributed by atoms with Crippen LogP contribution in [0.15, 0.2) is 12.4 Å². The van der Waals surface area contributed by atoms with E-state index in [0.717, 1.165) is 16.8 Å². The van der Waals surface area contributed by atoms with Crippen molar-refractivity contribution in [3.05, 3.63) is 23.8 Å². The van der Waals surface area contributed by atoms with Gasteiger partial charge in [-0.3, -0.25) is 0 Å². The van der Waals surface area contributed by atoms with Crippen LogP contribution in [-0.4, -0.2) is 20.2 Å². The minimum atomic E-state index is 0.669. The Morgan fingerprint density at radius 1 is 1.17 bits per heavy atom. The Kier molecular flexibility index (Phi) is 1.46. The highest BCUT2D eigenvalue weighted by molar-refractivity contribution is 5.76. The molecule has 2 aromatic rings. The van der Waals surface area contributed by atoms with Crippen molar-refractivity contribution in [2.75, 3.05) is 0 Å². The van der Waals surface area contributed by atoms with Crippen LogP contribution in [0, 0.1) is 13.8 Å². The standard InChI is InChI=1S/C8H8N4/c1-5-3-10-12-8-7(5)4-9-6(2)11-8/h3-4H,1-2H3. The molecule has 0 atom stereocenters. The van der Waals surface area contributed by atoms with E-state index >= 15 is 0 Å². The van der Waals surface area contributed by atoms with Crippen LogP contribution in [-0.2, 0) is 0 Å². The average molecular weight is 160 g/mol. The molecule has 0 radical (unpaired) electrons. The van der Waals surface area contributed by atoms with E-state index in [1.165, 1.54) is 0 Å². The molecule has 2 rings (SSSR count). The van der Waals surface area contributed by atoms with Gasteiger partial charge in [-0.2, -0.15) is 5.10 Å². The van der Waals surface area contributed by atoms with Crippen LogP contribution in [0.1, 0.15) is 11.4 Å². The molecule has 0 fully saturated rings. The van der Waals surface area contributed by atoms with Gasteiger partial charge in [0.2, 0.25) is 0 Å². The molecule has 0 saturated heterocycles. The molecule has 0 amide bonds. The highest BCUT2D eigenvalue weighted by Crippen LogP contribution is 2.10. The number of aryl methyl sites for hydroxylation is 2. The molecule has 4 heteroatoms. The first kappa shape index (κ1) is 7.09. The molecule has 2 heterocycles. The zero-order valence-electron chi connectivity index (χ0n) is 6.94. The summed E-state index contributed by atoms with van der Waals surface area (Å²) < 4.78 is 0. The zero-order valence-corrected chi connectivity index (χ0v) is 6.94. The Morgan fingerprint density at radius 3 is 2.83 bits per heavy atom. The van der Waals surface area contributed by atoms with Crippen molar-refractivity contribution in [2.45, 2.75) is 13.8 Å². The third kappa shape index (κ3) is 1.01. The van der Waals surface area contributed by atoms with Crippen LogP contribution in [0.5, 0.6) is 0 Å². The third-order valence-corrected chi connectivity index (χ3v) is 1.72. The lowest BCUT2D eigenvalue weighted by molar-refractivity contribution is 0.997. The van der Waals surface area contributed by atoms with Gasteiger partial charge in [-0.1, -0.05) is 0 Å². The van der Waals surface area contributed by atoms with Crippen LogP contribution in [0.2, 0.25) is 0 Å². The second kappa shape index (κ2) is 2.48. The van der Waals surface area contributed by atoms with Crippen LogP contribution in [0.4, 0.5) is 0 Å². The molecule has 0 unspecified atom stereocenters. The highest BCUT2D eigenvalue weighted by Gasteiger charge is 1.99. The molecule has 0 saturated carbocycles. The molecule has 60 valence electrons. The van der Waals surface area contributed by atoms with Gasteiger partial charge >= 0.3 is 0 Å². The summed E-state index contributed by atoms with van der Waals surface area (Å²) in [5.74, 6) is 0.724. The maximum Gasteiger partial charge on any atom is 0.185 e. The third-order valence-electron chi connectivity index (χ3n) is 1.72. The molecule has 0 aliphatic heterocycles. The lowest BCUT2D eigenvalue weighted by atomic mass is 10.2. The van der Waals surface area contributed by atoms with E-state index in [-0.39, 0.29) is 0 Å². The Morgan fingerprint density at radius 2 is 2.00 bits per heavy atom. The molecule has 12 heavy (non-hydrogen) atoms. The number of fused-ring (bicyclic) bond motifs is 1. The topological polar surface area (TPSA) is 51.6 Å². The summed E-state index contributed by atoms with van der Waals surface area (Å²) in [6.45, 7) is 3.80. The second-order valence-electron chi connectivity index (χ2n) is 2.68. The van der Waals surface area contributed by atoms with Gasteiger partial charge in [0, 0.05) is 11.6 Å². The Bertz CT molecular complexity index is 424. The van der Waals surface area contributed by atoms with Gasteiger partial charge < -0.3 is 0 Å². The molecule has 2 aromatic heterocycles. The molecular weight excluding hydrogens is 152 g/mol. The fraction of sp³-hybridized carbons (Fsp3) is 0.250. The molecule has 0 aliphatic carbocycles. The Hall–Kier alpha value is -1.58. The average Bonchev–Trinajstić information content (AvgIpc) is 2.04. The van der Waals surface area contributed by atoms with Crippen LogP contribution in [0.25, 0.3) is 11.0 Å². The summed E-state index contributed by atoms with van der Waals surface area (Å²) in [4.78, 5) is 8.24. The minimum absolute atomic E-state index is 0.669. The van der Waals surface area contributed by atoms with E-state index in [4.69, 9.17) is 0 Å². The molecule has 0 aromatic carbocycles. The number of hydrogen-bond donors (Lipinski definition) is 0. The molecular formula is C8H8N4. The van der Waals surface area contributed by atoms with E-state index in [9.17, 15) is 0 Å². The summed E-state index contributed by atoms with van der Waals surface area (Å²) in [7, 11) is 0. The van der Waals surface area contributed by atoms with Gasteiger partial charge in [0.1, 0.15) is 5.82 Å². The largest absolute Gasteiger partial charge is 0.241 e. The van der Waals surface area contributed by atoms with Gasteiger partial charge in [-0.25, -0.2) is 9.97 Å². The number of nitrogens with zero attached hydrogens (tertiary/aromatic N) is 4. The van der Waals surface area contributed by atoms with Crippen molar-refractivity contribution < 1.29 is 0 Å². The van der Waals surface area contributed by atoms with Crippen molar-refractivity contribution in [1.82, 2.24) is 20.2 Å². The fourth-order valence-electron chi connectivity index (χ4n) is 1.05. The van der Waals surface area contributed by atoms with Crippen molar-refractivity contribution in [1.29, 1.82) is 0 Å². The van der Waals surface area contributed by atoms with E-state index in [2.05, 4.69) is 20.2 Å². The first-order chi connectivity index (χ1) is 5.77. The first-order valence-corrected chi connectivity index (χ1v) is 3.69. The predicted molar refractivity (Wildman–Crippen MR) is 44.6 cm³/mol. The second-order valence-corrected chi connectivity index (χ2v) is 2.68. The number of aromatic nitrogens is 4. The first-order valence-electron chi connectivity index (χ1n) is 3.69. The van der Waals surface area contributed by atoms with Crippen LogP contribution >= 0.6 is 0 Å². The Labute approximate surface area is 69.7 Å². The maximum atomic E-state index is 4.15. The molecule has 0 spiro atoms. The van der Waals surface area contributed by atoms with E-state index in [1.807, 2.05) is 13.8 Å². The van der Waals surface area contributed by atoms with Gasteiger partial charge in [0.05, 0.1) is 6.20 Å². The predicted octanol–water partition coefficient (Wildman–Crippen LogP) is 1.04. The lowest BCUT2D eigenvalue weighted by Crippen LogP contribution is -1.93. The van der Waals surface area contributed by atoms with Gasteiger partial charge in [0.25, 0.3) is 0 Å². The normalized spacial score (nSPS) is 10.5. The minimum Gasteiger partial charge on any atom is -0.241 e. The van der Waals surface area contributed by atoms with Crippen LogP contribution < -0.4 is 0 Å².